The molecule has 2 rings (SSSR count). The lowest BCUT2D eigenvalue weighted by molar-refractivity contribution is 0.0601. The Morgan fingerprint density at radius 1 is 1.23 bits per heavy atom. The first-order valence-electron chi connectivity index (χ1n) is 8.07. The summed E-state index contributed by atoms with van der Waals surface area (Å²) >= 11 is 11.3. The van der Waals surface area contributed by atoms with Gasteiger partial charge in [0.25, 0.3) is 0 Å². The molecule has 7 heteroatoms. The second-order valence-corrected chi connectivity index (χ2v) is 6.62. The summed E-state index contributed by atoms with van der Waals surface area (Å²) in [4.78, 5) is 11.7. The van der Waals surface area contributed by atoms with E-state index in [-0.39, 0.29) is 11.7 Å². The smallest absolute Gasteiger partial charge is 0.339 e. The van der Waals surface area contributed by atoms with Gasteiger partial charge in [0, 0.05) is 12.2 Å². The number of nitrogens with one attached hydrogen (secondary N) is 2. The molecule has 0 radical (unpaired) electrons. The number of benzene rings is 2. The van der Waals surface area contributed by atoms with Gasteiger partial charge in [0.05, 0.1) is 23.8 Å². The number of carbonyl (C=O) groups is 1. The first-order valence-corrected chi connectivity index (χ1v) is 8.86. The summed E-state index contributed by atoms with van der Waals surface area (Å²) in [7, 11) is 1.31. The molecule has 0 bridgehead atoms. The number of rotatable bonds is 6. The number of thiocarbonyl (C=S) groups is 1. The molecule has 0 aliphatic carbocycles. The quantitative estimate of drug-likeness (QED) is 0.561. The predicted molar refractivity (Wildman–Crippen MR) is 108 cm³/mol. The molecule has 2 aromatic carbocycles. The molecule has 0 amide bonds. The molecule has 0 fully saturated rings. The van der Waals surface area contributed by atoms with Crippen LogP contribution < -0.4 is 15.4 Å². The second kappa shape index (κ2) is 9.40. The minimum absolute atomic E-state index is 0.120. The summed E-state index contributed by atoms with van der Waals surface area (Å²) < 4.78 is 10.4. The maximum absolute atomic E-state index is 11.7. The van der Waals surface area contributed by atoms with Gasteiger partial charge in [-0.05, 0) is 62.0 Å². The first kappa shape index (κ1) is 20.0. The van der Waals surface area contributed by atoms with Crippen molar-refractivity contribution in [1.82, 2.24) is 5.32 Å². The highest BCUT2D eigenvalue weighted by molar-refractivity contribution is 7.80. The Morgan fingerprint density at radius 3 is 2.69 bits per heavy atom. The van der Waals surface area contributed by atoms with Crippen molar-refractivity contribution >= 4 is 40.6 Å². The maximum atomic E-state index is 11.7. The molecule has 2 aromatic rings. The molecule has 0 spiro atoms. The van der Waals surface area contributed by atoms with E-state index in [0.29, 0.717) is 22.4 Å². The van der Waals surface area contributed by atoms with E-state index in [1.807, 2.05) is 38.1 Å². The fourth-order valence-corrected chi connectivity index (χ4v) is 2.61. The van der Waals surface area contributed by atoms with Crippen molar-refractivity contribution in [2.24, 2.45) is 0 Å². The molecule has 0 aliphatic heterocycles. The van der Waals surface area contributed by atoms with Gasteiger partial charge in [0.1, 0.15) is 5.75 Å². The SMILES string of the molecule is COC(=O)c1cc(NC(=S)NCc2cccc(OC(C)C)c2)ccc1Cl. The highest BCUT2D eigenvalue weighted by atomic mass is 35.5. The van der Waals surface area contributed by atoms with Crippen LogP contribution in [-0.2, 0) is 11.3 Å². The van der Waals surface area contributed by atoms with E-state index in [4.69, 9.17) is 33.3 Å². The summed E-state index contributed by atoms with van der Waals surface area (Å²) in [5, 5.41) is 6.90. The van der Waals surface area contributed by atoms with E-state index in [1.165, 1.54) is 7.11 Å². The summed E-state index contributed by atoms with van der Waals surface area (Å²) in [6.45, 7) is 4.51. The van der Waals surface area contributed by atoms with Crippen LogP contribution in [0.4, 0.5) is 5.69 Å². The van der Waals surface area contributed by atoms with Crippen LogP contribution >= 0.6 is 23.8 Å². The third-order valence-electron chi connectivity index (χ3n) is 3.35. The molecule has 26 heavy (non-hydrogen) atoms. The van der Waals surface area contributed by atoms with Crippen LogP contribution in [-0.4, -0.2) is 24.3 Å². The standard InChI is InChI=1S/C19H21ClN2O3S/c1-12(2)25-15-6-4-5-13(9-15)11-21-19(26)22-14-7-8-17(20)16(10-14)18(23)24-3/h4-10,12H,11H2,1-3H3,(H2,21,22,26). The molecule has 0 unspecified atom stereocenters. The molecular weight excluding hydrogens is 372 g/mol. The zero-order chi connectivity index (χ0) is 19.1. The van der Waals surface area contributed by atoms with Gasteiger partial charge in [0.15, 0.2) is 5.11 Å². The van der Waals surface area contributed by atoms with Crippen LogP contribution in [0.3, 0.4) is 0 Å². The van der Waals surface area contributed by atoms with Gasteiger partial charge in [-0.25, -0.2) is 4.79 Å². The van der Waals surface area contributed by atoms with E-state index >= 15 is 0 Å². The molecule has 0 aliphatic rings. The lowest BCUT2D eigenvalue weighted by atomic mass is 10.2. The normalized spacial score (nSPS) is 10.3. The Kier molecular flexibility index (Phi) is 7.24. The molecule has 0 saturated heterocycles. The third kappa shape index (κ3) is 5.89. The molecular formula is C19H21ClN2O3S. The highest BCUT2D eigenvalue weighted by Gasteiger charge is 2.11. The lowest BCUT2D eigenvalue weighted by Gasteiger charge is -2.13. The van der Waals surface area contributed by atoms with Crippen LogP contribution in [0.1, 0.15) is 29.8 Å². The monoisotopic (exact) mass is 392 g/mol. The van der Waals surface area contributed by atoms with Crippen LogP contribution in [0.2, 0.25) is 5.02 Å². The average molecular weight is 393 g/mol. The minimum Gasteiger partial charge on any atom is -0.491 e. The number of ether oxygens (including phenoxy) is 2. The first-order chi connectivity index (χ1) is 12.4. The number of halogens is 1. The van der Waals surface area contributed by atoms with Crippen molar-refractivity contribution in [1.29, 1.82) is 0 Å². The van der Waals surface area contributed by atoms with Crippen molar-refractivity contribution in [3.05, 3.63) is 58.6 Å². The number of hydrogen-bond donors (Lipinski definition) is 2. The van der Waals surface area contributed by atoms with Gasteiger partial charge in [-0.1, -0.05) is 23.7 Å². The Hall–Kier alpha value is -2.31. The summed E-state index contributed by atoms with van der Waals surface area (Å²) in [6.07, 6.45) is 0.120. The Morgan fingerprint density at radius 2 is 2.00 bits per heavy atom. The van der Waals surface area contributed by atoms with Gasteiger partial charge in [-0.15, -0.1) is 0 Å². The van der Waals surface area contributed by atoms with Crippen LogP contribution in [0, 0.1) is 0 Å². The fraction of sp³-hybridized carbons (Fsp3) is 0.263. The average Bonchev–Trinajstić information content (AvgIpc) is 2.60. The molecule has 2 N–H and O–H groups in total. The number of anilines is 1. The van der Waals surface area contributed by atoms with Gasteiger partial charge in [-0.3, -0.25) is 0 Å². The van der Waals surface area contributed by atoms with Crippen molar-refractivity contribution in [2.75, 3.05) is 12.4 Å². The molecule has 0 saturated carbocycles. The van der Waals surface area contributed by atoms with Crippen LogP contribution in [0.5, 0.6) is 5.75 Å². The van der Waals surface area contributed by atoms with E-state index in [1.54, 1.807) is 18.2 Å². The van der Waals surface area contributed by atoms with E-state index in [2.05, 4.69) is 10.6 Å². The van der Waals surface area contributed by atoms with Gasteiger partial charge < -0.3 is 20.1 Å². The Balaban J connectivity index is 1.96. The lowest BCUT2D eigenvalue weighted by Crippen LogP contribution is -2.28. The van der Waals surface area contributed by atoms with Crippen molar-refractivity contribution in [2.45, 2.75) is 26.5 Å². The van der Waals surface area contributed by atoms with E-state index in [9.17, 15) is 4.79 Å². The fourth-order valence-electron chi connectivity index (χ4n) is 2.23. The van der Waals surface area contributed by atoms with Crippen LogP contribution in [0.15, 0.2) is 42.5 Å². The molecule has 0 atom stereocenters. The molecule has 0 heterocycles. The molecule has 0 aromatic heterocycles. The van der Waals surface area contributed by atoms with Crippen LogP contribution in [0.25, 0.3) is 0 Å². The van der Waals surface area contributed by atoms with Crippen molar-refractivity contribution in [3.8, 4) is 5.75 Å². The van der Waals surface area contributed by atoms with Gasteiger partial charge >= 0.3 is 5.97 Å². The summed E-state index contributed by atoms with van der Waals surface area (Å²) in [6, 6.07) is 12.8. The maximum Gasteiger partial charge on any atom is 0.339 e. The molecule has 5 nitrogen and oxygen atoms in total. The third-order valence-corrected chi connectivity index (χ3v) is 3.93. The van der Waals surface area contributed by atoms with Crippen molar-refractivity contribution < 1.29 is 14.3 Å². The van der Waals surface area contributed by atoms with Gasteiger partial charge in [0.2, 0.25) is 0 Å². The number of carbonyl (C=O) groups excluding carboxylic acids is 1. The molecule has 138 valence electrons. The van der Waals surface area contributed by atoms with Crippen molar-refractivity contribution in [3.63, 3.8) is 0 Å². The largest absolute Gasteiger partial charge is 0.491 e. The highest BCUT2D eigenvalue weighted by Crippen LogP contribution is 2.21. The Labute approximate surface area is 163 Å². The minimum atomic E-state index is -0.500. The van der Waals surface area contributed by atoms with E-state index < -0.39 is 5.97 Å². The predicted octanol–water partition coefficient (Wildman–Crippen LogP) is 4.40. The summed E-state index contributed by atoms with van der Waals surface area (Å²) in [5.74, 6) is 0.318. The Bertz CT molecular complexity index is 796. The second-order valence-electron chi connectivity index (χ2n) is 5.81. The number of hydrogen-bond acceptors (Lipinski definition) is 4. The van der Waals surface area contributed by atoms with E-state index in [0.717, 1.165) is 11.3 Å². The zero-order valence-electron chi connectivity index (χ0n) is 14.8. The summed E-state index contributed by atoms with van der Waals surface area (Å²) in [5.41, 5.74) is 1.96. The number of esters is 1. The van der Waals surface area contributed by atoms with Gasteiger partial charge in [-0.2, -0.15) is 0 Å². The topological polar surface area (TPSA) is 59.6 Å². The number of methoxy groups -OCH3 is 1. The zero-order valence-corrected chi connectivity index (χ0v) is 16.4.